The molecule has 0 heterocycles. The Labute approximate surface area is 120 Å². The summed E-state index contributed by atoms with van der Waals surface area (Å²) in [6.07, 6.45) is 0.353. The summed E-state index contributed by atoms with van der Waals surface area (Å²) >= 11 is 0. The Morgan fingerprint density at radius 1 is 1.45 bits per heavy atom. The van der Waals surface area contributed by atoms with E-state index in [1.807, 2.05) is 11.9 Å². The topological polar surface area (TPSA) is 44.7 Å². The van der Waals surface area contributed by atoms with Gasteiger partial charge in [-0.2, -0.15) is 0 Å². The third-order valence-electron chi connectivity index (χ3n) is 3.13. The third kappa shape index (κ3) is 5.86. The third-order valence-corrected chi connectivity index (χ3v) is 3.13. The molecule has 1 aromatic rings. The molecule has 0 saturated carbocycles. The second-order valence-electron chi connectivity index (χ2n) is 5.00. The van der Waals surface area contributed by atoms with Crippen molar-refractivity contribution < 1.29 is 14.2 Å². The van der Waals surface area contributed by atoms with Gasteiger partial charge in [0.05, 0.1) is 12.7 Å². The molecule has 0 aliphatic carbocycles. The van der Waals surface area contributed by atoms with Crippen molar-refractivity contribution in [2.24, 2.45) is 0 Å². The fraction of sp³-hybridized carbons (Fsp3) is 0.600. The zero-order valence-corrected chi connectivity index (χ0v) is 12.5. The molecule has 0 aromatic heterocycles. The fourth-order valence-electron chi connectivity index (χ4n) is 1.97. The summed E-state index contributed by atoms with van der Waals surface area (Å²) in [4.78, 5) is 2.04. The molecule has 0 aliphatic heterocycles. The minimum Gasteiger partial charge on any atom is -0.393 e. The van der Waals surface area contributed by atoms with Crippen molar-refractivity contribution in [1.29, 1.82) is 0 Å². The molecule has 0 fully saturated rings. The molecular weight excluding hydrogens is 259 g/mol. The van der Waals surface area contributed by atoms with Crippen molar-refractivity contribution in [2.75, 3.05) is 38.8 Å². The van der Waals surface area contributed by atoms with Gasteiger partial charge < -0.3 is 20.1 Å². The van der Waals surface area contributed by atoms with Crippen LogP contribution in [0.4, 0.5) is 10.1 Å². The van der Waals surface area contributed by atoms with Crippen LogP contribution in [0.1, 0.15) is 18.9 Å². The van der Waals surface area contributed by atoms with E-state index in [0.29, 0.717) is 19.6 Å². The van der Waals surface area contributed by atoms with Gasteiger partial charge in [-0.05, 0) is 37.1 Å². The van der Waals surface area contributed by atoms with Crippen LogP contribution in [0, 0.1) is 5.82 Å². The van der Waals surface area contributed by atoms with Crippen LogP contribution >= 0.6 is 0 Å². The number of anilines is 1. The fourth-order valence-corrected chi connectivity index (χ4v) is 1.97. The molecule has 0 bridgehead atoms. The van der Waals surface area contributed by atoms with E-state index >= 15 is 0 Å². The quantitative estimate of drug-likeness (QED) is 0.678. The number of halogens is 1. The summed E-state index contributed by atoms with van der Waals surface area (Å²) in [6.45, 7) is 4.45. The van der Waals surface area contributed by atoms with Crippen LogP contribution in [0.5, 0.6) is 0 Å². The lowest BCUT2D eigenvalue weighted by atomic mass is 10.1. The SMILES string of the molecule is COCCNCc1cc(F)ccc1N(C)CCC(C)O. The highest BCUT2D eigenvalue weighted by Gasteiger charge is 2.09. The first kappa shape index (κ1) is 16.9. The molecule has 1 rings (SSSR count). The molecule has 0 radical (unpaired) electrons. The van der Waals surface area contributed by atoms with Crippen LogP contribution in [0.15, 0.2) is 18.2 Å². The molecule has 0 spiro atoms. The lowest BCUT2D eigenvalue weighted by Gasteiger charge is -2.23. The van der Waals surface area contributed by atoms with Crippen LogP contribution in [-0.2, 0) is 11.3 Å². The number of aliphatic hydroxyl groups is 1. The summed E-state index contributed by atoms with van der Waals surface area (Å²) in [6, 6.07) is 4.80. The smallest absolute Gasteiger partial charge is 0.123 e. The van der Waals surface area contributed by atoms with Crippen molar-refractivity contribution in [2.45, 2.75) is 26.0 Å². The molecular formula is C15H25FN2O2. The average Bonchev–Trinajstić information content (AvgIpc) is 2.41. The van der Waals surface area contributed by atoms with Crippen molar-refractivity contribution >= 4 is 5.69 Å². The molecule has 4 nitrogen and oxygen atoms in total. The van der Waals surface area contributed by atoms with E-state index in [-0.39, 0.29) is 11.9 Å². The van der Waals surface area contributed by atoms with E-state index < -0.39 is 0 Å². The van der Waals surface area contributed by atoms with Gasteiger partial charge in [0, 0.05) is 39.5 Å². The normalized spacial score (nSPS) is 12.4. The molecule has 1 unspecified atom stereocenters. The molecule has 20 heavy (non-hydrogen) atoms. The van der Waals surface area contributed by atoms with Gasteiger partial charge in [0.25, 0.3) is 0 Å². The van der Waals surface area contributed by atoms with Crippen molar-refractivity contribution in [3.63, 3.8) is 0 Å². The molecule has 2 N–H and O–H groups in total. The molecule has 0 saturated heterocycles. The highest BCUT2D eigenvalue weighted by atomic mass is 19.1. The maximum Gasteiger partial charge on any atom is 0.123 e. The Morgan fingerprint density at radius 2 is 2.20 bits per heavy atom. The van der Waals surface area contributed by atoms with Crippen LogP contribution in [0.25, 0.3) is 0 Å². The van der Waals surface area contributed by atoms with Crippen molar-refractivity contribution in [1.82, 2.24) is 5.32 Å². The monoisotopic (exact) mass is 284 g/mol. The number of hydrogen-bond donors (Lipinski definition) is 2. The van der Waals surface area contributed by atoms with E-state index in [9.17, 15) is 9.50 Å². The summed E-state index contributed by atoms with van der Waals surface area (Å²) in [5.74, 6) is -0.235. The zero-order valence-electron chi connectivity index (χ0n) is 12.5. The maximum atomic E-state index is 13.4. The zero-order chi connectivity index (χ0) is 15.0. The molecule has 5 heteroatoms. The van der Waals surface area contributed by atoms with Crippen LogP contribution < -0.4 is 10.2 Å². The highest BCUT2D eigenvalue weighted by molar-refractivity contribution is 5.53. The Hall–Kier alpha value is -1.17. The summed E-state index contributed by atoms with van der Waals surface area (Å²) < 4.78 is 18.4. The first-order valence-electron chi connectivity index (χ1n) is 6.92. The van der Waals surface area contributed by atoms with Gasteiger partial charge in [-0.3, -0.25) is 0 Å². The number of hydrogen-bond acceptors (Lipinski definition) is 4. The van der Waals surface area contributed by atoms with Gasteiger partial charge in [-0.25, -0.2) is 4.39 Å². The lowest BCUT2D eigenvalue weighted by molar-refractivity contribution is 0.187. The Morgan fingerprint density at radius 3 is 2.85 bits per heavy atom. The summed E-state index contributed by atoms with van der Waals surface area (Å²) in [5.41, 5.74) is 1.89. The maximum absolute atomic E-state index is 13.4. The molecule has 1 aromatic carbocycles. The second kappa shape index (κ2) is 8.89. The number of methoxy groups -OCH3 is 1. The summed E-state index contributed by atoms with van der Waals surface area (Å²) in [5, 5.41) is 12.6. The second-order valence-corrected chi connectivity index (χ2v) is 5.00. The van der Waals surface area contributed by atoms with Crippen molar-refractivity contribution in [3.05, 3.63) is 29.6 Å². The van der Waals surface area contributed by atoms with Crippen molar-refractivity contribution in [3.8, 4) is 0 Å². The largest absolute Gasteiger partial charge is 0.393 e. The van der Waals surface area contributed by atoms with Gasteiger partial charge in [-0.15, -0.1) is 0 Å². The van der Waals surface area contributed by atoms with Gasteiger partial charge in [-0.1, -0.05) is 0 Å². The van der Waals surface area contributed by atoms with E-state index in [0.717, 1.165) is 24.3 Å². The number of benzene rings is 1. The van der Waals surface area contributed by atoms with Crippen LogP contribution in [0.3, 0.4) is 0 Å². The predicted octanol–water partition coefficient (Wildman–Crippen LogP) is 1.77. The number of nitrogens with zero attached hydrogens (tertiary/aromatic N) is 1. The van der Waals surface area contributed by atoms with Gasteiger partial charge in [0.1, 0.15) is 5.82 Å². The highest BCUT2D eigenvalue weighted by Crippen LogP contribution is 2.21. The van der Waals surface area contributed by atoms with E-state index in [2.05, 4.69) is 5.32 Å². The Balaban J connectivity index is 2.68. The number of aliphatic hydroxyl groups excluding tert-OH is 1. The molecule has 1 atom stereocenters. The minimum absolute atomic E-state index is 0.235. The number of nitrogens with one attached hydrogen (secondary N) is 1. The Bertz CT molecular complexity index is 399. The first-order chi connectivity index (χ1) is 9.54. The number of ether oxygens (including phenoxy) is 1. The average molecular weight is 284 g/mol. The molecule has 114 valence electrons. The molecule has 0 amide bonds. The standard InChI is InChI=1S/C15H25FN2O2/c1-12(19)6-8-18(2)15-5-4-14(16)10-13(15)11-17-7-9-20-3/h4-5,10,12,17,19H,6-9,11H2,1-3H3. The predicted molar refractivity (Wildman–Crippen MR) is 79.6 cm³/mol. The summed E-state index contributed by atoms with van der Waals surface area (Å²) in [7, 11) is 3.60. The first-order valence-corrected chi connectivity index (χ1v) is 6.92. The Kier molecular flexibility index (Phi) is 7.51. The van der Waals surface area contributed by atoms with Crippen LogP contribution in [-0.4, -0.2) is 45.1 Å². The van der Waals surface area contributed by atoms with E-state index in [1.54, 1.807) is 26.2 Å². The number of rotatable bonds is 9. The lowest BCUT2D eigenvalue weighted by Crippen LogP contribution is -2.25. The van der Waals surface area contributed by atoms with Gasteiger partial charge in [0.15, 0.2) is 0 Å². The van der Waals surface area contributed by atoms with Gasteiger partial charge in [0.2, 0.25) is 0 Å². The van der Waals surface area contributed by atoms with E-state index in [1.165, 1.54) is 6.07 Å². The van der Waals surface area contributed by atoms with Crippen LogP contribution in [0.2, 0.25) is 0 Å². The minimum atomic E-state index is -0.332. The molecule has 0 aliphatic rings. The van der Waals surface area contributed by atoms with Gasteiger partial charge >= 0.3 is 0 Å². The van der Waals surface area contributed by atoms with E-state index in [4.69, 9.17) is 4.74 Å².